The third kappa shape index (κ3) is 15.3. The molecular formula is C36H54N9O12P. The fourth-order valence-electron chi connectivity index (χ4n) is 6.35. The molecule has 0 bridgehead atoms. The molecule has 320 valence electrons. The molecule has 0 unspecified atom stereocenters. The number of rotatable bonds is 22. The molecule has 0 aliphatic carbocycles. The van der Waals surface area contributed by atoms with Crippen LogP contribution in [-0.2, 0) is 55.8 Å². The highest BCUT2D eigenvalue weighted by Crippen LogP contribution is 2.37. The fraction of sp³-hybridized carbons (Fsp3) is 0.556. The number of carbonyl (C=O) groups excluding carboxylic acids is 7. The Morgan fingerprint density at radius 3 is 2.17 bits per heavy atom. The second-order valence-electron chi connectivity index (χ2n) is 14.7. The van der Waals surface area contributed by atoms with Gasteiger partial charge in [0.25, 0.3) is 0 Å². The SMILES string of the molecule is CC(=O)N1C[C@H](ONC(=O)CCc2ccccc2)C[C@H]1C(=O)N[C@@H](CC(C)C)C(=O)N[C@@H](Cc1cnc[nH]1)C(=O)N[C@@H](CO)C(=O)N[C@H](C(N)=O)[C@@H](C)CP(=O)(O)O. The van der Waals surface area contributed by atoms with Gasteiger partial charge >= 0.3 is 7.60 Å². The lowest BCUT2D eigenvalue weighted by Gasteiger charge is -2.28. The first-order chi connectivity index (χ1) is 27.3. The third-order valence-electron chi connectivity index (χ3n) is 9.26. The molecule has 2 heterocycles. The van der Waals surface area contributed by atoms with E-state index in [1.165, 1.54) is 31.3 Å². The zero-order valence-corrected chi connectivity index (χ0v) is 33.6. The molecular weight excluding hydrogens is 781 g/mol. The van der Waals surface area contributed by atoms with E-state index in [0.717, 1.165) is 5.56 Å². The van der Waals surface area contributed by atoms with E-state index >= 15 is 0 Å². The lowest BCUT2D eigenvalue weighted by atomic mass is 10.0. The van der Waals surface area contributed by atoms with Gasteiger partial charge in [-0.25, -0.2) is 10.5 Å². The zero-order chi connectivity index (χ0) is 43.2. The molecule has 58 heavy (non-hydrogen) atoms. The second-order valence-corrected chi connectivity index (χ2v) is 16.4. The van der Waals surface area contributed by atoms with E-state index in [2.05, 4.69) is 36.7 Å². The van der Waals surface area contributed by atoms with Crippen LogP contribution in [0.15, 0.2) is 42.9 Å². The number of nitrogens with two attached hydrogens (primary N) is 1. The maximum Gasteiger partial charge on any atom is 0.325 e. The van der Waals surface area contributed by atoms with Crippen molar-refractivity contribution in [3.63, 3.8) is 0 Å². The average molecular weight is 836 g/mol. The number of primary amides is 1. The largest absolute Gasteiger partial charge is 0.394 e. The molecule has 1 aliphatic heterocycles. The summed E-state index contributed by atoms with van der Waals surface area (Å²) in [4.78, 5) is 124. The molecule has 7 amide bonds. The Kier molecular flexibility index (Phi) is 18.0. The third-order valence-corrected chi connectivity index (χ3v) is 10.3. The van der Waals surface area contributed by atoms with E-state index in [1.807, 2.05) is 30.3 Å². The zero-order valence-electron chi connectivity index (χ0n) is 32.8. The molecule has 1 fully saturated rings. The van der Waals surface area contributed by atoms with Crippen molar-refractivity contribution in [3.8, 4) is 0 Å². The van der Waals surface area contributed by atoms with Crippen molar-refractivity contribution in [2.24, 2.45) is 17.6 Å². The number of aromatic amines is 1. The number of hydrogen-bond donors (Lipinski definition) is 10. The van der Waals surface area contributed by atoms with E-state index in [9.17, 15) is 53.0 Å². The topological polar surface area (TPSA) is 325 Å². The molecule has 0 saturated carbocycles. The van der Waals surface area contributed by atoms with Gasteiger partial charge in [-0.2, -0.15) is 0 Å². The molecule has 0 spiro atoms. The molecule has 1 aromatic heterocycles. The van der Waals surface area contributed by atoms with Crippen LogP contribution in [0.3, 0.4) is 0 Å². The highest BCUT2D eigenvalue weighted by atomic mass is 31.2. The minimum atomic E-state index is -4.62. The van der Waals surface area contributed by atoms with Gasteiger partial charge in [-0.05, 0) is 30.2 Å². The first kappa shape index (κ1) is 47.2. The second kappa shape index (κ2) is 22.1. The van der Waals surface area contributed by atoms with Crippen LogP contribution in [0.5, 0.6) is 0 Å². The quantitative estimate of drug-likeness (QED) is 0.0450. The van der Waals surface area contributed by atoms with Crippen LogP contribution in [0, 0.1) is 11.8 Å². The van der Waals surface area contributed by atoms with Gasteiger partial charge in [0.05, 0.1) is 25.6 Å². The number of aliphatic hydroxyl groups excluding tert-OH is 1. The average Bonchev–Trinajstić information content (AvgIpc) is 3.83. The van der Waals surface area contributed by atoms with Crippen LogP contribution in [-0.4, -0.2) is 127 Å². The Morgan fingerprint density at radius 1 is 0.966 bits per heavy atom. The molecule has 21 nitrogen and oxygen atoms in total. The van der Waals surface area contributed by atoms with Crippen LogP contribution < -0.4 is 32.5 Å². The minimum Gasteiger partial charge on any atom is -0.394 e. The van der Waals surface area contributed by atoms with Crippen molar-refractivity contribution in [1.82, 2.24) is 41.6 Å². The number of benzene rings is 1. The maximum absolute atomic E-state index is 13.9. The molecule has 2 aromatic rings. The van der Waals surface area contributed by atoms with Crippen molar-refractivity contribution >= 4 is 48.9 Å². The lowest BCUT2D eigenvalue weighted by molar-refractivity contribution is -0.139. The molecule has 7 atom stereocenters. The number of imidazole rings is 1. The van der Waals surface area contributed by atoms with E-state index in [1.54, 1.807) is 13.8 Å². The van der Waals surface area contributed by atoms with E-state index < -0.39 is 98.0 Å². The number of carbonyl (C=O) groups is 7. The summed E-state index contributed by atoms with van der Waals surface area (Å²) in [5.74, 6) is -6.76. The van der Waals surface area contributed by atoms with Gasteiger partial charge < -0.3 is 51.8 Å². The number of nitrogens with one attached hydrogen (secondary N) is 6. The first-order valence-corrected chi connectivity index (χ1v) is 20.5. The summed E-state index contributed by atoms with van der Waals surface area (Å²) in [5.41, 5.74) is 9.10. The Morgan fingerprint density at radius 2 is 1.60 bits per heavy atom. The molecule has 1 aromatic carbocycles. The number of amides is 7. The summed E-state index contributed by atoms with van der Waals surface area (Å²) in [7, 11) is -4.62. The van der Waals surface area contributed by atoms with Gasteiger partial charge in [-0.3, -0.25) is 43.0 Å². The van der Waals surface area contributed by atoms with Crippen LogP contribution in [0.1, 0.15) is 58.2 Å². The highest BCUT2D eigenvalue weighted by Gasteiger charge is 2.41. The standard InChI is InChI=1S/C36H54N9O12P/c1-20(2)12-26(41-36(53)29-14-25(16-45(29)22(4)47)57-44-30(48)11-10-23-8-6-5-7-9-23)33(50)40-27(13-24-15-38-19-39-24)34(51)42-28(17-46)35(52)43-31(32(37)49)21(3)18-58(54,55)56/h5-9,15,19-21,25-29,31,46H,10-14,16-18H2,1-4H3,(H2,37,49)(H,38,39)(H,40,50)(H,41,53)(H,42,51)(H,43,52)(H,44,48)(H2,54,55,56)/t21-,25+,26-,27-,28-,29-,31-/m0/s1. The number of nitrogens with zero attached hydrogens (tertiary/aromatic N) is 2. The van der Waals surface area contributed by atoms with Crippen molar-refractivity contribution in [1.29, 1.82) is 0 Å². The minimum absolute atomic E-state index is 0.00453. The number of aryl methyl sites for hydroxylation is 1. The molecule has 11 N–H and O–H groups in total. The van der Waals surface area contributed by atoms with Crippen molar-refractivity contribution in [3.05, 3.63) is 54.1 Å². The predicted octanol–water partition coefficient (Wildman–Crippen LogP) is -2.10. The Hall–Kier alpha value is -5.21. The normalized spacial score (nSPS) is 18.0. The predicted molar refractivity (Wildman–Crippen MR) is 205 cm³/mol. The van der Waals surface area contributed by atoms with Crippen molar-refractivity contribution in [2.75, 3.05) is 19.3 Å². The Labute approximate surface area is 335 Å². The summed E-state index contributed by atoms with van der Waals surface area (Å²) in [6.45, 7) is 5.15. The molecule has 3 rings (SSSR count). The molecule has 1 saturated heterocycles. The smallest absolute Gasteiger partial charge is 0.325 e. The number of hydroxylamine groups is 1. The van der Waals surface area contributed by atoms with Crippen LogP contribution >= 0.6 is 7.60 Å². The number of hydrogen-bond acceptors (Lipinski definition) is 11. The van der Waals surface area contributed by atoms with Gasteiger partial charge in [-0.1, -0.05) is 51.1 Å². The Balaban J connectivity index is 1.71. The number of aromatic nitrogens is 2. The summed E-state index contributed by atoms with van der Waals surface area (Å²) in [5, 5.41) is 19.8. The number of aliphatic hydroxyl groups is 1. The van der Waals surface area contributed by atoms with Gasteiger partial charge in [0.2, 0.25) is 41.4 Å². The van der Waals surface area contributed by atoms with Crippen LogP contribution in [0.4, 0.5) is 0 Å². The highest BCUT2D eigenvalue weighted by molar-refractivity contribution is 7.51. The molecule has 1 aliphatic rings. The summed E-state index contributed by atoms with van der Waals surface area (Å²) in [6.07, 6.45) is 1.73. The van der Waals surface area contributed by atoms with Gasteiger partial charge in [0, 0.05) is 38.1 Å². The van der Waals surface area contributed by atoms with Crippen molar-refractivity contribution < 1.29 is 57.9 Å². The van der Waals surface area contributed by atoms with Gasteiger partial charge in [0.1, 0.15) is 36.3 Å². The van der Waals surface area contributed by atoms with Gasteiger partial charge in [-0.15, -0.1) is 0 Å². The number of likely N-dealkylation sites (tertiary alicyclic amines) is 1. The monoisotopic (exact) mass is 835 g/mol. The lowest BCUT2D eigenvalue weighted by Crippen LogP contribution is -2.60. The van der Waals surface area contributed by atoms with Crippen LogP contribution in [0.25, 0.3) is 0 Å². The fourth-order valence-corrected chi connectivity index (χ4v) is 7.31. The maximum atomic E-state index is 13.9. The first-order valence-electron chi connectivity index (χ1n) is 18.7. The van der Waals surface area contributed by atoms with Crippen LogP contribution in [0.2, 0.25) is 0 Å². The molecule has 22 heteroatoms. The van der Waals surface area contributed by atoms with E-state index in [-0.39, 0.29) is 44.1 Å². The summed E-state index contributed by atoms with van der Waals surface area (Å²) < 4.78 is 11.5. The van der Waals surface area contributed by atoms with E-state index in [4.69, 9.17) is 10.6 Å². The molecule has 0 radical (unpaired) electrons. The van der Waals surface area contributed by atoms with Crippen molar-refractivity contribution in [2.45, 2.75) is 96.1 Å². The van der Waals surface area contributed by atoms with E-state index in [0.29, 0.717) is 12.1 Å². The van der Waals surface area contributed by atoms with Gasteiger partial charge in [0.15, 0.2) is 0 Å². The summed E-state index contributed by atoms with van der Waals surface area (Å²) in [6, 6.07) is 2.39. The Bertz CT molecular complexity index is 1780. The summed E-state index contributed by atoms with van der Waals surface area (Å²) >= 11 is 0. The number of H-pyrrole nitrogens is 1.